The number of anilines is 2. The van der Waals surface area contributed by atoms with E-state index in [9.17, 15) is 9.59 Å². The predicted molar refractivity (Wildman–Crippen MR) is 148 cm³/mol. The van der Waals surface area contributed by atoms with Gasteiger partial charge < -0.3 is 21.1 Å². The number of fused-ring (bicyclic) bond motifs is 1. The zero-order chi connectivity index (χ0) is 25.6. The molecule has 2 amide bonds. The minimum absolute atomic E-state index is 0. The van der Waals surface area contributed by atoms with Crippen LogP contribution in [0.4, 0.5) is 11.5 Å². The number of hydrogen-bond acceptors (Lipinski definition) is 7. The number of hydrogen-bond donors (Lipinski definition) is 3. The van der Waals surface area contributed by atoms with Crippen LogP contribution in [0.2, 0.25) is 0 Å². The van der Waals surface area contributed by atoms with Crippen LogP contribution in [-0.2, 0) is 4.79 Å². The molecular weight excluding hydrogens is 480 g/mol. The number of primary amides is 1. The Hall–Kier alpha value is -4.53. The van der Waals surface area contributed by atoms with Crippen LogP contribution in [0.15, 0.2) is 67.0 Å². The highest BCUT2D eigenvalue weighted by Crippen LogP contribution is 2.31. The standard InChI is InChI=1S/C28H28N6O3.CH4/c29-26(36)21-10-4-5-11-23(21)33-28-22-15-20(37-17-25(35)31-19-8-2-1-3-9-19)12-13-24(22)32-27(34-28)18-7-6-14-30-16-18;/h4-7,10-16,19H,1-3,8-9,17H2,(H2,29,36)(H,31,35)(H,32,33,34);1H4. The Kier molecular flexibility index (Phi) is 8.47. The Balaban J connectivity index is 0.00000336. The van der Waals surface area contributed by atoms with E-state index in [1.54, 1.807) is 48.8 Å². The second kappa shape index (κ2) is 12.1. The first-order chi connectivity index (χ1) is 18.1. The van der Waals surface area contributed by atoms with Crippen molar-refractivity contribution in [3.05, 3.63) is 72.6 Å². The molecule has 1 fully saturated rings. The molecule has 0 unspecified atom stereocenters. The van der Waals surface area contributed by atoms with Crippen molar-refractivity contribution >= 4 is 34.2 Å². The molecule has 0 aliphatic heterocycles. The summed E-state index contributed by atoms with van der Waals surface area (Å²) >= 11 is 0. The van der Waals surface area contributed by atoms with Gasteiger partial charge in [0.2, 0.25) is 0 Å². The molecule has 1 saturated carbocycles. The first kappa shape index (κ1) is 26.5. The van der Waals surface area contributed by atoms with Crippen molar-refractivity contribution in [2.45, 2.75) is 45.6 Å². The van der Waals surface area contributed by atoms with Gasteiger partial charge in [-0.2, -0.15) is 0 Å². The van der Waals surface area contributed by atoms with E-state index in [1.807, 2.05) is 18.2 Å². The Labute approximate surface area is 221 Å². The van der Waals surface area contributed by atoms with Gasteiger partial charge in [-0.1, -0.05) is 38.8 Å². The Morgan fingerprint density at radius 1 is 1.00 bits per heavy atom. The summed E-state index contributed by atoms with van der Waals surface area (Å²) in [7, 11) is 0. The van der Waals surface area contributed by atoms with Crippen molar-refractivity contribution in [3.63, 3.8) is 0 Å². The number of ether oxygens (including phenoxy) is 1. The molecule has 196 valence electrons. The van der Waals surface area contributed by atoms with Crippen LogP contribution in [0.5, 0.6) is 5.75 Å². The van der Waals surface area contributed by atoms with Crippen LogP contribution in [0.3, 0.4) is 0 Å². The van der Waals surface area contributed by atoms with Crippen molar-refractivity contribution in [1.82, 2.24) is 20.3 Å². The lowest BCUT2D eigenvalue weighted by Crippen LogP contribution is -2.38. The van der Waals surface area contributed by atoms with Gasteiger partial charge in [0.25, 0.3) is 11.8 Å². The molecule has 2 aromatic heterocycles. The average molecular weight is 513 g/mol. The molecule has 1 aliphatic carbocycles. The number of benzene rings is 2. The van der Waals surface area contributed by atoms with Crippen molar-refractivity contribution in [3.8, 4) is 17.1 Å². The highest BCUT2D eigenvalue weighted by Gasteiger charge is 2.17. The summed E-state index contributed by atoms with van der Waals surface area (Å²) in [5, 5.41) is 6.97. The Morgan fingerprint density at radius 2 is 1.82 bits per heavy atom. The van der Waals surface area contributed by atoms with Crippen molar-refractivity contribution < 1.29 is 14.3 Å². The van der Waals surface area contributed by atoms with Gasteiger partial charge in [0.1, 0.15) is 11.6 Å². The predicted octanol–water partition coefficient (Wildman–Crippen LogP) is 5.00. The van der Waals surface area contributed by atoms with Gasteiger partial charge in [-0.15, -0.1) is 0 Å². The molecule has 0 spiro atoms. The molecule has 4 N–H and O–H groups in total. The van der Waals surface area contributed by atoms with E-state index in [1.165, 1.54) is 6.42 Å². The number of carbonyl (C=O) groups is 2. The Morgan fingerprint density at radius 3 is 2.58 bits per heavy atom. The van der Waals surface area contributed by atoms with Crippen molar-refractivity contribution in [2.75, 3.05) is 11.9 Å². The van der Waals surface area contributed by atoms with Gasteiger partial charge in [-0.3, -0.25) is 14.6 Å². The summed E-state index contributed by atoms with van der Waals surface area (Å²) in [6.45, 7) is -0.0795. The van der Waals surface area contributed by atoms with E-state index >= 15 is 0 Å². The van der Waals surface area contributed by atoms with E-state index in [2.05, 4.69) is 15.6 Å². The zero-order valence-corrected chi connectivity index (χ0v) is 20.3. The summed E-state index contributed by atoms with van der Waals surface area (Å²) in [4.78, 5) is 38.0. The fourth-order valence-corrected chi connectivity index (χ4v) is 4.52. The highest BCUT2D eigenvalue weighted by molar-refractivity contribution is 6.01. The largest absolute Gasteiger partial charge is 0.484 e. The summed E-state index contributed by atoms with van der Waals surface area (Å²) in [6.07, 6.45) is 8.91. The third-order valence-corrected chi connectivity index (χ3v) is 6.37. The third kappa shape index (κ3) is 6.23. The van der Waals surface area contributed by atoms with Crippen molar-refractivity contribution in [1.29, 1.82) is 0 Å². The molecule has 2 aromatic carbocycles. The zero-order valence-electron chi connectivity index (χ0n) is 20.3. The lowest BCUT2D eigenvalue weighted by Gasteiger charge is -2.22. The number of nitrogens with zero attached hydrogens (tertiary/aromatic N) is 3. The lowest BCUT2D eigenvalue weighted by molar-refractivity contribution is -0.124. The summed E-state index contributed by atoms with van der Waals surface area (Å²) in [5.74, 6) is 0.760. The first-order valence-corrected chi connectivity index (χ1v) is 12.4. The fourth-order valence-electron chi connectivity index (χ4n) is 4.52. The van der Waals surface area contributed by atoms with Crippen LogP contribution >= 0.6 is 0 Å². The SMILES string of the molecule is C.NC(=O)c1ccccc1Nc1nc(-c2cccnc2)nc2ccc(OCC(=O)NC3CCCCC3)cc12. The molecule has 9 nitrogen and oxygen atoms in total. The van der Waals surface area contributed by atoms with E-state index in [-0.39, 0.29) is 26.0 Å². The number of rotatable bonds is 8. The molecule has 1 aliphatic rings. The molecule has 2 heterocycles. The molecule has 9 heteroatoms. The average Bonchev–Trinajstić information content (AvgIpc) is 2.93. The normalized spacial score (nSPS) is 13.4. The molecule has 0 atom stereocenters. The molecule has 0 radical (unpaired) electrons. The fraction of sp³-hybridized carbons (Fsp3) is 0.276. The smallest absolute Gasteiger partial charge is 0.258 e. The van der Waals surface area contributed by atoms with Gasteiger partial charge in [0, 0.05) is 29.4 Å². The first-order valence-electron chi connectivity index (χ1n) is 12.4. The number of carbonyl (C=O) groups excluding carboxylic acids is 2. The minimum atomic E-state index is -0.554. The van der Waals surface area contributed by atoms with Gasteiger partial charge >= 0.3 is 0 Å². The van der Waals surface area contributed by atoms with Crippen LogP contribution < -0.4 is 21.1 Å². The number of para-hydroxylation sites is 1. The second-order valence-corrected chi connectivity index (χ2v) is 9.04. The van der Waals surface area contributed by atoms with Gasteiger partial charge in [0.05, 0.1) is 16.8 Å². The monoisotopic (exact) mass is 512 g/mol. The molecular formula is C29H32N6O3. The number of aromatic nitrogens is 3. The maximum absolute atomic E-state index is 12.4. The summed E-state index contributed by atoms with van der Waals surface area (Å²) in [5.41, 5.74) is 7.84. The van der Waals surface area contributed by atoms with Gasteiger partial charge in [-0.05, 0) is 55.3 Å². The highest BCUT2D eigenvalue weighted by atomic mass is 16.5. The molecule has 5 rings (SSSR count). The molecule has 0 bridgehead atoms. The quantitative estimate of drug-likeness (QED) is 0.303. The van der Waals surface area contributed by atoms with Crippen molar-refractivity contribution in [2.24, 2.45) is 5.73 Å². The lowest BCUT2D eigenvalue weighted by atomic mass is 9.95. The number of nitrogens with two attached hydrogens (primary N) is 1. The number of nitrogens with one attached hydrogen (secondary N) is 2. The third-order valence-electron chi connectivity index (χ3n) is 6.37. The Bertz CT molecular complexity index is 1420. The minimum Gasteiger partial charge on any atom is -0.484 e. The molecule has 4 aromatic rings. The van der Waals surface area contributed by atoms with Crippen LogP contribution in [0.25, 0.3) is 22.3 Å². The van der Waals surface area contributed by atoms with Crippen LogP contribution in [0, 0.1) is 0 Å². The van der Waals surface area contributed by atoms with Gasteiger partial charge in [0.15, 0.2) is 12.4 Å². The van der Waals surface area contributed by atoms with E-state index in [0.717, 1.165) is 31.2 Å². The second-order valence-electron chi connectivity index (χ2n) is 9.04. The number of pyridine rings is 1. The molecule has 0 saturated heterocycles. The topological polar surface area (TPSA) is 132 Å². The maximum Gasteiger partial charge on any atom is 0.258 e. The summed E-state index contributed by atoms with van der Waals surface area (Å²) in [6, 6.07) is 16.2. The van der Waals surface area contributed by atoms with Crippen LogP contribution in [0.1, 0.15) is 49.9 Å². The van der Waals surface area contributed by atoms with E-state index < -0.39 is 5.91 Å². The molecule has 38 heavy (non-hydrogen) atoms. The van der Waals surface area contributed by atoms with Gasteiger partial charge in [-0.25, -0.2) is 9.97 Å². The van der Waals surface area contributed by atoms with Crippen LogP contribution in [-0.4, -0.2) is 39.4 Å². The van der Waals surface area contributed by atoms with E-state index in [0.29, 0.717) is 39.5 Å². The maximum atomic E-state index is 12.4. The number of amides is 2. The van der Waals surface area contributed by atoms with E-state index in [4.69, 9.17) is 20.4 Å². The summed E-state index contributed by atoms with van der Waals surface area (Å²) < 4.78 is 5.82.